The Morgan fingerprint density at radius 3 is 3.00 bits per heavy atom. The van der Waals surface area contributed by atoms with Crippen LogP contribution in [0.5, 0.6) is 0 Å². The lowest BCUT2D eigenvalue weighted by atomic mass is 9.66. The average Bonchev–Trinajstić information content (AvgIpc) is 2.27. The summed E-state index contributed by atoms with van der Waals surface area (Å²) in [7, 11) is 0. The van der Waals surface area contributed by atoms with Gasteiger partial charge in [0.25, 0.3) is 0 Å². The van der Waals surface area contributed by atoms with Crippen LogP contribution in [0.4, 0.5) is 0 Å². The molecule has 78 valence electrons. The van der Waals surface area contributed by atoms with Gasteiger partial charge in [0.15, 0.2) is 0 Å². The van der Waals surface area contributed by atoms with Gasteiger partial charge in [-0.05, 0) is 19.8 Å². The minimum absolute atomic E-state index is 0.150. The van der Waals surface area contributed by atoms with Crippen LogP contribution in [0.3, 0.4) is 0 Å². The highest BCUT2D eigenvalue weighted by Gasteiger charge is 2.41. The SMILES string of the molecule is CCNC1=C(N)C2(CCC2)CN=CN1. The predicted molar refractivity (Wildman–Crippen MR) is 57.7 cm³/mol. The molecule has 4 nitrogen and oxygen atoms in total. The second-order valence-corrected chi connectivity index (χ2v) is 4.07. The van der Waals surface area contributed by atoms with E-state index in [9.17, 15) is 0 Å². The van der Waals surface area contributed by atoms with Crippen molar-refractivity contribution < 1.29 is 0 Å². The minimum atomic E-state index is 0.150. The summed E-state index contributed by atoms with van der Waals surface area (Å²) in [5, 5.41) is 6.36. The van der Waals surface area contributed by atoms with Gasteiger partial charge < -0.3 is 16.4 Å². The molecule has 0 atom stereocenters. The van der Waals surface area contributed by atoms with Crippen molar-refractivity contribution in [3.05, 3.63) is 11.5 Å². The summed E-state index contributed by atoms with van der Waals surface area (Å²) < 4.78 is 0. The molecule has 0 unspecified atom stereocenters. The molecule has 2 rings (SSSR count). The molecule has 0 aromatic heterocycles. The lowest BCUT2D eigenvalue weighted by Crippen LogP contribution is -2.41. The summed E-state index contributed by atoms with van der Waals surface area (Å²) in [4.78, 5) is 4.33. The summed E-state index contributed by atoms with van der Waals surface area (Å²) >= 11 is 0. The van der Waals surface area contributed by atoms with Gasteiger partial charge in [-0.1, -0.05) is 6.42 Å². The molecule has 1 heterocycles. The zero-order valence-corrected chi connectivity index (χ0v) is 8.64. The van der Waals surface area contributed by atoms with Crippen LogP contribution >= 0.6 is 0 Å². The molecule has 0 aromatic rings. The lowest BCUT2D eigenvalue weighted by molar-refractivity contribution is 0.193. The molecule has 0 radical (unpaired) electrons. The number of nitrogens with two attached hydrogens (primary N) is 1. The average molecular weight is 194 g/mol. The molecular formula is C10H18N4. The highest BCUT2D eigenvalue weighted by atomic mass is 15.1. The Morgan fingerprint density at radius 2 is 2.43 bits per heavy atom. The standard InChI is InChI=1S/C10H18N4/c1-2-13-9-8(11)10(4-3-5-10)6-12-7-14-9/h7,13H,2-6,11H2,1H3,(H,12,14). The number of aliphatic imine (C=N–C) groups is 1. The fraction of sp³-hybridized carbons (Fsp3) is 0.700. The fourth-order valence-corrected chi connectivity index (χ4v) is 2.11. The van der Waals surface area contributed by atoms with E-state index in [4.69, 9.17) is 5.73 Å². The number of rotatable bonds is 2. The second kappa shape index (κ2) is 3.52. The lowest BCUT2D eigenvalue weighted by Gasteiger charge is -2.41. The van der Waals surface area contributed by atoms with Crippen molar-refractivity contribution in [3.63, 3.8) is 0 Å². The molecule has 14 heavy (non-hydrogen) atoms. The molecule has 0 amide bonds. The summed E-state index contributed by atoms with van der Waals surface area (Å²) in [6.45, 7) is 3.78. The molecule has 0 saturated heterocycles. The van der Waals surface area contributed by atoms with Crippen molar-refractivity contribution in [1.82, 2.24) is 10.6 Å². The van der Waals surface area contributed by atoms with E-state index in [0.29, 0.717) is 0 Å². The summed E-state index contributed by atoms with van der Waals surface area (Å²) in [6.07, 6.45) is 5.37. The molecule has 1 saturated carbocycles. The van der Waals surface area contributed by atoms with E-state index in [1.54, 1.807) is 6.34 Å². The second-order valence-electron chi connectivity index (χ2n) is 4.07. The van der Waals surface area contributed by atoms with Crippen LogP contribution in [0.25, 0.3) is 0 Å². The predicted octanol–water partition coefficient (Wildman–Crippen LogP) is 0.525. The van der Waals surface area contributed by atoms with Gasteiger partial charge in [0.05, 0.1) is 18.6 Å². The van der Waals surface area contributed by atoms with Crippen LogP contribution in [0.15, 0.2) is 16.5 Å². The first-order valence-corrected chi connectivity index (χ1v) is 5.27. The van der Waals surface area contributed by atoms with Crippen molar-refractivity contribution in [1.29, 1.82) is 0 Å². The highest BCUT2D eigenvalue weighted by molar-refractivity contribution is 5.59. The molecule has 1 spiro atoms. The molecule has 1 aliphatic heterocycles. The van der Waals surface area contributed by atoms with E-state index in [-0.39, 0.29) is 5.41 Å². The Morgan fingerprint density at radius 1 is 1.64 bits per heavy atom. The third kappa shape index (κ3) is 1.35. The molecule has 0 aromatic carbocycles. The maximum absolute atomic E-state index is 6.18. The van der Waals surface area contributed by atoms with E-state index < -0.39 is 0 Å². The summed E-state index contributed by atoms with van der Waals surface area (Å²) in [5.41, 5.74) is 7.29. The Hall–Kier alpha value is -1.19. The molecule has 4 heteroatoms. The first kappa shape index (κ1) is 9.37. The summed E-state index contributed by atoms with van der Waals surface area (Å²) in [5.74, 6) is 0.952. The molecular weight excluding hydrogens is 176 g/mol. The van der Waals surface area contributed by atoms with Gasteiger partial charge in [-0.3, -0.25) is 4.99 Å². The van der Waals surface area contributed by atoms with E-state index in [0.717, 1.165) is 24.6 Å². The zero-order chi connectivity index (χ0) is 10.0. The Balaban J connectivity index is 2.25. The van der Waals surface area contributed by atoms with Crippen LogP contribution in [0.1, 0.15) is 26.2 Å². The van der Waals surface area contributed by atoms with Crippen molar-refractivity contribution in [2.45, 2.75) is 26.2 Å². The van der Waals surface area contributed by atoms with Crippen molar-refractivity contribution >= 4 is 6.34 Å². The Kier molecular flexibility index (Phi) is 2.35. The van der Waals surface area contributed by atoms with Gasteiger partial charge in [0.1, 0.15) is 5.82 Å². The van der Waals surface area contributed by atoms with Gasteiger partial charge in [-0.25, -0.2) is 0 Å². The van der Waals surface area contributed by atoms with Crippen LogP contribution in [-0.2, 0) is 0 Å². The van der Waals surface area contributed by atoms with Crippen LogP contribution in [0, 0.1) is 5.41 Å². The largest absolute Gasteiger partial charge is 0.399 e. The van der Waals surface area contributed by atoms with Crippen LogP contribution < -0.4 is 16.4 Å². The molecule has 1 aliphatic carbocycles. The maximum Gasteiger partial charge on any atom is 0.124 e. The number of hydrogen-bond donors (Lipinski definition) is 3. The third-order valence-corrected chi connectivity index (χ3v) is 3.20. The van der Waals surface area contributed by atoms with Crippen LogP contribution in [0.2, 0.25) is 0 Å². The van der Waals surface area contributed by atoms with Gasteiger partial charge in [0, 0.05) is 12.0 Å². The topological polar surface area (TPSA) is 62.4 Å². The van der Waals surface area contributed by atoms with Crippen molar-refractivity contribution in [3.8, 4) is 0 Å². The van der Waals surface area contributed by atoms with Gasteiger partial charge >= 0.3 is 0 Å². The number of nitrogens with zero attached hydrogens (tertiary/aromatic N) is 1. The normalized spacial score (nSPS) is 24.1. The smallest absolute Gasteiger partial charge is 0.124 e. The van der Waals surface area contributed by atoms with Crippen LogP contribution in [-0.4, -0.2) is 19.4 Å². The minimum Gasteiger partial charge on any atom is -0.399 e. The van der Waals surface area contributed by atoms with Gasteiger partial charge in [0.2, 0.25) is 0 Å². The Bertz CT molecular complexity index is 276. The summed E-state index contributed by atoms with van der Waals surface area (Å²) in [6, 6.07) is 0. The van der Waals surface area contributed by atoms with Gasteiger partial charge in [-0.2, -0.15) is 0 Å². The molecule has 4 N–H and O–H groups in total. The quantitative estimate of drug-likeness (QED) is 0.600. The number of hydrogen-bond acceptors (Lipinski definition) is 4. The number of nitrogens with one attached hydrogen (secondary N) is 2. The molecule has 1 fully saturated rings. The molecule has 0 bridgehead atoms. The molecule has 2 aliphatic rings. The van der Waals surface area contributed by atoms with E-state index in [1.807, 2.05) is 0 Å². The zero-order valence-electron chi connectivity index (χ0n) is 8.64. The van der Waals surface area contributed by atoms with E-state index in [2.05, 4.69) is 22.5 Å². The van der Waals surface area contributed by atoms with E-state index in [1.165, 1.54) is 19.3 Å². The highest BCUT2D eigenvalue weighted by Crippen LogP contribution is 2.46. The first-order valence-electron chi connectivity index (χ1n) is 5.27. The maximum atomic E-state index is 6.18. The Labute approximate surface area is 84.7 Å². The van der Waals surface area contributed by atoms with Crippen molar-refractivity contribution in [2.24, 2.45) is 16.1 Å². The van der Waals surface area contributed by atoms with E-state index >= 15 is 0 Å². The third-order valence-electron chi connectivity index (χ3n) is 3.20. The monoisotopic (exact) mass is 194 g/mol. The first-order chi connectivity index (χ1) is 6.78. The fourth-order valence-electron chi connectivity index (χ4n) is 2.11. The van der Waals surface area contributed by atoms with Gasteiger partial charge in [-0.15, -0.1) is 0 Å². The van der Waals surface area contributed by atoms with Crippen molar-refractivity contribution in [2.75, 3.05) is 13.1 Å².